The van der Waals surface area contributed by atoms with Gasteiger partial charge in [0.05, 0.1) is 28.0 Å². The van der Waals surface area contributed by atoms with Gasteiger partial charge in [0.2, 0.25) is 5.91 Å². The summed E-state index contributed by atoms with van der Waals surface area (Å²) in [6.45, 7) is -0.0560. The van der Waals surface area contributed by atoms with Crippen molar-refractivity contribution in [1.29, 1.82) is 5.26 Å². The summed E-state index contributed by atoms with van der Waals surface area (Å²) in [6, 6.07) is 10.2. The summed E-state index contributed by atoms with van der Waals surface area (Å²) in [5.74, 6) is -1.10. The van der Waals surface area contributed by atoms with E-state index in [2.05, 4.69) is 0 Å². The highest BCUT2D eigenvalue weighted by atomic mass is 32.2. The van der Waals surface area contributed by atoms with Crippen LogP contribution in [-0.4, -0.2) is 20.9 Å². The van der Waals surface area contributed by atoms with E-state index in [1.165, 1.54) is 6.07 Å². The Kier molecular flexibility index (Phi) is 5.04. The normalized spacial score (nSPS) is 16.4. The second kappa shape index (κ2) is 7.16. The Morgan fingerprint density at radius 1 is 1.21 bits per heavy atom. The van der Waals surface area contributed by atoms with Crippen LogP contribution in [-0.2, 0) is 27.4 Å². The van der Waals surface area contributed by atoms with Crippen molar-refractivity contribution in [2.24, 2.45) is 5.92 Å². The molecule has 10 heteroatoms. The molecule has 2 aromatic rings. The maximum atomic E-state index is 13.0. The fourth-order valence-electron chi connectivity index (χ4n) is 2.79. The second-order valence-electron chi connectivity index (χ2n) is 6.11. The molecule has 0 saturated heterocycles. The fourth-order valence-corrected chi connectivity index (χ4v) is 3.86. The number of sulfonamides is 1. The van der Waals surface area contributed by atoms with Crippen LogP contribution >= 0.6 is 0 Å². The number of carbonyl (C=O) groups is 1. The molecule has 0 aliphatic carbocycles. The molecule has 28 heavy (non-hydrogen) atoms. The smallest absolute Gasteiger partial charge is 0.417 e. The Labute approximate surface area is 158 Å². The van der Waals surface area contributed by atoms with Crippen LogP contribution in [0, 0.1) is 17.2 Å². The Balaban J connectivity index is 1.83. The fraction of sp³-hybridized carbons (Fsp3) is 0.222. The van der Waals surface area contributed by atoms with Crippen LogP contribution in [0.3, 0.4) is 0 Å². The average molecular weight is 410 g/mol. The quantitative estimate of drug-likeness (QED) is 0.839. The van der Waals surface area contributed by atoms with Gasteiger partial charge in [-0.3, -0.25) is 4.79 Å². The van der Waals surface area contributed by atoms with Gasteiger partial charge >= 0.3 is 6.18 Å². The van der Waals surface area contributed by atoms with E-state index in [9.17, 15) is 26.4 Å². The standard InChI is InChI=1S/C18H13F3N2O4S/c19-18(20,21)15-8-14(6-5-12(15)9-22)28(25,26)23-17(24)13-7-11-3-1-2-4-16(11)27-10-13/h1-6,8,13H,7,10H2,(H,23,24). The maximum absolute atomic E-state index is 13.0. The Bertz CT molecular complexity index is 1070. The number of carbonyl (C=O) groups excluding carboxylic acids is 1. The zero-order valence-corrected chi connectivity index (χ0v) is 15.0. The predicted molar refractivity (Wildman–Crippen MR) is 90.6 cm³/mol. The molecule has 1 atom stereocenters. The second-order valence-corrected chi connectivity index (χ2v) is 7.79. The first kappa shape index (κ1) is 19.7. The van der Waals surface area contributed by atoms with Gasteiger partial charge in [-0.05, 0) is 36.2 Å². The zero-order valence-electron chi connectivity index (χ0n) is 14.2. The molecule has 6 nitrogen and oxygen atoms in total. The number of hydrogen-bond acceptors (Lipinski definition) is 5. The summed E-state index contributed by atoms with van der Waals surface area (Å²) < 4.78 is 71.1. The zero-order chi connectivity index (χ0) is 20.5. The van der Waals surface area contributed by atoms with Gasteiger partial charge in [0.25, 0.3) is 10.0 Å². The third kappa shape index (κ3) is 3.94. The first-order chi connectivity index (χ1) is 13.1. The Hall–Kier alpha value is -3.06. The number of alkyl halides is 3. The van der Waals surface area contributed by atoms with E-state index < -0.39 is 44.0 Å². The molecular formula is C18H13F3N2O4S. The molecule has 0 saturated carbocycles. The highest BCUT2D eigenvalue weighted by Crippen LogP contribution is 2.33. The van der Waals surface area contributed by atoms with Gasteiger partial charge < -0.3 is 4.74 Å². The number of nitriles is 1. The maximum Gasteiger partial charge on any atom is 0.417 e. The first-order valence-electron chi connectivity index (χ1n) is 8.00. The lowest BCUT2D eigenvalue weighted by atomic mass is 9.96. The van der Waals surface area contributed by atoms with E-state index >= 15 is 0 Å². The molecule has 1 amide bonds. The predicted octanol–water partition coefficient (Wildman–Crippen LogP) is 2.63. The summed E-state index contributed by atoms with van der Waals surface area (Å²) in [7, 11) is -4.56. The minimum Gasteiger partial charge on any atom is -0.492 e. The average Bonchev–Trinajstić information content (AvgIpc) is 2.66. The van der Waals surface area contributed by atoms with E-state index in [-0.39, 0.29) is 13.0 Å². The number of rotatable bonds is 3. The van der Waals surface area contributed by atoms with Crippen molar-refractivity contribution in [3.8, 4) is 11.8 Å². The number of hydrogen-bond donors (Lipinski definition) is 1. The van der Waals surface area contributed by atoms with E-state index in [1.807, 2.05) is 0 Å². The van der Waals surface area contributed by atoms with Crippen LogP contribution in [0.1, 0.15) is 16.7 Å². The van der Waals surface area contributed by atoms with Crippen molar-refractivity contribution >= 4 is 15.9 Å². The van der Waals surface area contributed by atoms with Crippen LogP contribution < -0.4 is 9.46 Å². The van der Waals surface area contributed by atoms with E-state index in [0.717, 1.165) is 17.7 Å². The summed E-state index contributed by atoms with van der Waals surface area (Å²) in [6.07, 6.45) is -4.68. The molecule has 1 unspecified atom stereocenters. The minimum atomic E-state index is -4.92. The van der Waals surface area contributed by atoms with Crippen LogP contribution in [0.25, 0.3) is 0 Å². The van der Waals surface area contributed by atoms with Gasteiger partial charge in [-0.1, -0.05) is 18.2 Å². The van der Waals surface area contributed by atoms with Gasteiger partial charge in [-0.25, -0.2) is 13.1 Å². The van der Waals surface area contributed by atoms with Crippen molar-refractivity contribution in [1.82, 2.24) is 4.72 Å². The Morgan fingerprint density at radius 2 is 1.93 bits per heavy atom. The van der Waals surface area contributed by atoms with Crippen molar-refractivity contribution in [3.05, 3.63) is 59.2 Å². The number of ether oxygens (including phenoxy) is 1. The number of fused-ring (bicyclic) bond motifs is 1. The topological polar surface area (TPSA) is 96.3 Å². The molecule has 0 aromatic heterocycles. The SMILES string of the molecule is N#Cc1ccc(S(=O)(=O)NC(=O)C2COc3ccccc3C2)cc1C(F)(F)F. The lowest BCUT2D eigenvalue weighted by molar-refractivity contribution is -0.138. The van der Waals surface area contributed by atoms with Crippen LogP contribution in [0.15, 0.2) is 47.4 Å². The van der Waals surface area contributed by atoms with Gasteiger partial charge in [0.15, 0.2) is 0 Å². The molecular weight excluding hydrogens is 397 g/mol. The molecule has 0 fully saturated rings. The monoisotopic (exact) mass is 410 g/mol. The summed E-state index contributed by atoms with van der Waals surface area (Å²) in [4.78, 5) is 11.6. The van der Waals surface area contributed by atoms with Gasteiger partial charge in [0, 0.05) is 0 Å². The molecule has 146 valence electrons. The van der Waals surface area contributed by atoms with Gasteiger partial charge in [-0.15, -0.1) is 0 Å². The summed E-state index contributed by atoms with van der Waals surface area (Å²) in [5.41, 5.74) is -1.38. The highest BCUT2D eigenvalue weighted by Gasteiger charge is 2.36. The number of amides is 1. The number of benzene rings is 2. The lowest BCUT2D eigenvalue weighted by Gasteiger charge is -2.24. The van der Waals surface area contributed by atoms with Crippen LogP contribution in [0.2, 0.25) is 0 Å². The number of halogens is 3. The molecule has 0 bridgehead atoms. The number of para-hydroxylation sites is 1. The molecule has 1 heterocycles. The molecule has 2 aromatic carbocycles. The molecule has 0 radical (unpaired) electrons. The molecule has 1 aliphatic rings. The van der Waals surface area contributed by atoms with E-state index in [1.54, 1.807) is 29.0 Å². The molecule has 1 aliphatic heterocycles. The molecule has 0 spiro atoms. The van der Waals surface area contributed by atoms with Gasteiger partial charge in [-0.2, -0.15) is 18.4 Å². The lowest BCUT2D eigenvalue weighted by Crippen LogP contribution is -2.40. The van der Waals surface area contributed by atoms with E-state index in [4.69, 9.17) is 10.00 Å². The Morgan fingerprint density at radius 3 is 2.61 bits per heavy atom. The van der Waals surface area contributed by atoms with E-state index in [0.29, 0.717) is 11.8 Å². The summed E-state index contributed by atoms with van der Waals surface area (Å²) >= 11 is 0. The highest BCUT2D eigenvalue weighted by molar-refractivity contribution is 7.90. The van der Waals surface area contributed by atoms with Crippen molar-refractivity contribution in [2.75, 3.05) is 6.61 Å². The minimum absolute atomic E-state index is 0.0560. The third-order valence-electron chi connectivity index (χ3n) is 4.21. The molecule has 3 rings (SSSR count). The largest absolute Gasteiger partial charge is 0.492 e. The van der Waals surface area contributed by atoms with Crippen molar-refractivity contribution in [2.45, 2.75) is 17.5 Å². The van der Waals surface area contributed by atoms with Gasteiger partial charge in [0.1, 0.15) is 12.4 Å². The van der Waals surface area contributed by atoms with Crippen molar-refractivity contribution in [3.63, 3.8) is 0 Å². The van der Waals surface area contributed by atoms with Crippen LogP contribution in [0.5, 0.6) is 5.75 Å². The number of nitrogens with one attached hydrogen (secondary N) is 1. The third-order valence-corrected chi connectivity index (χ3v) is 5.56. The number of nitrogens with zero attached hydrogens (tertiary/aromatic N) is 1. The summed E-state index contributed by atoms with van der Waals surface area (Å²) in [5, 5.41) is 8.79. The van der Waals surface area contributed by atoms with Crippen molar-refractivity contribution < 1.29 is 31.1 Å². The first-order valence-corrected chi connectivity index (χ1v) is 9.49. The van der Waals surface area contributed by atoms with Crippen LogP contribution in [0.4, 0.5) is 13.2 Å². The molecule has 1 N–H and O–H groups in total.